The van der Waals surface area contributed by atoms with Crippen LogP contribution in [0.4, 0.5) is 5.00 Å². The number of unbranched alkanes of at least 4 members (excludes halogenated alkanes) is 7. The number of carbonyl (C=O) groups excluding carboxylic acids is 3. The van der Waals surface area contributed by atoms with Gasteiger partial charge in [-0.25, -0.2) is 4.79 Å². The SMILES string of the molecule is CCCCCCCCCCC(=O)Nc1sc(C(=O)N(C)C)c(C)c1C(=O)OCC. The molecule has 2 amide bonds. The van der Waals surface area contributed by atoms with Crippen molar-refractivity contribution in [3.8, 4) is 0 Å². The van der Waals surface area contributed by atoms with Crippen molar-refractivity contribution in [2.45, 2.75) is 78.6 Å². The molecule has 164 valence electrons. The van der Waals surface area contributed by atoms with Crippen molar-refractivity contribution < 1.29 is 19.1 Å². The predicted octanol–water partition coefficient (Wildman–Crippen LogP) is 5.40. The highest BCUT2D eigenvalue weighted by atomic mass is 32.1. The van der Waals surface area contributed by atoms with Crippen LogP contribution in [0.25, 0.3) is 0 Å². The van der Waals surface area contributed by atoms with Crippen molar-refractivity contribution in [3.05, 3.63) is 16.0 Å². The molecule has 0 aliphatic carbocycles. The number of rotatable bonds is 13. The maximum absolute atomic E-state index is 12.4. The average molecular weight is 425 g/mol. The van der Waals surface area contributed by atoms with E-state index in [1.54, 1.807) is 27.9 Å². The van der Waals surface area contributed by atoms with Gasteiger partial charge in [0.25, 0.3) is 5.91 Å². The van der Waals surface area contributed by atoms with Gasteiger partial charge in [0.1, 0.15) is 5.00 Å². The van der Waals surface area contributed by atoms with Crippen LogP contribution in [0.3, 0.4) is 0 Å². The highest BCUT2D eigenvalue weighted by Crippen LogP contribution is 2.34. The zero-order valence-corrected chi connectivity index (χ0v) is 19.4. The summed E-state index contributed by atoms with van der Waals surface area (Å²) in [5, 5.41) is 3.23. The van der Waals surface area contributed by atoms with Crippen molar-refractivity contribution in [1.29, 1.82) is 0 Å². The van der Waals surface area contributed by atoms with E-state index in [0.717, 1.165) is 30.6 Å². The first-order valence-electron chi connectivity index (χ1n) is 10.6. The van der Waals surface area contributed by atoms with Crippen LogP contribution in [0.1, 0.15) is 97.2 Å². The minimum Gasteiger partial charge on any atom is -0.462 e. The summed E-state index contributed by atoms with van der Waals surface area (Å²) in [5.74, 6) is -0.838. The molecule has 0 saturated carbocycles. The molecular formula is C22H36N2O4S. The molecule has 29 heavy (non-hydrogen) atoms. The Balaban J connectivity index is 2.69. The molecule has 1 aromatic heterocycles. The average Bonchev–Trinajstić information content (AvgIpc) is 2.99. The van der Waals surface area contributed by atoms with Gasteiger partial charge in [0.05, 0.1) is 17.0 Å². The highest BCUT2D eigenvalue weighted by molar-refractivity contribution is 7.18. The van der Waals surface area contributed by atoms with Crippen LogP contribution < -0.4 is 5.32 Å². The molecule has 7 heteroatoms. The first-order chi connectivity index (χ1) is 13.8. The molecule has 0 atom stereocenters. The Labute approximate surface area is 179 Å². The van der Waals surface area contributed by atoms with Gasteiger partial charge in [-0.05, 0) is 25.8 Å². The zero-order chi connectivity index (χ0) is 21.8. The second kappa shape index (κ2) is 13.4. The van der Waals surface area contributed by atoms with Crippen LogP contribution >= 0.6 is 11.3 Å². The van der Waals surface area contributed by atoms with Gasteiger partial charge in [0, 0.05) is 20.5 Å². The number of nitrogens with zero attached hydrogens (tertiary/aromatic N) is 1. The van der Waals surface area contributed by atoms with Crippen LogP contribution in [-0.4, -0.2) is 43.4 Å². The summed E-state index contributed by atoms with van der Waals surface area (Å²) in [5.41, 5.74) is 0.834. The van der Waals surface area contributed by atoms with Crippen molar-refractivity contribution >= 4 is 34.1 Å². The van der Waals surface area contributed by atoms with Crippen molar-refractivity contribution in [2.24, 2.45) is 0 Å². The van der Waals surface area contributed by atoms with Gasteiger partial charge in [-0.3, -0.25) is 9.59 Å². The number of anilines is 1. The molecule has 1 rings (SSSR count). The molecule has 1 N–H and O–H groups in total. The Hall–Kier alpha value is -1.89. The van der Waals surface area contributed by atoms with Crippen molar-refractivity contribution in [3.63, 3.8) is 0 Å². The smallest absolute Gasteiger partial charge is 0.341 e. The Morgan fingerprint density at radius 2 is 1.55 bits per heavy atom. The molecule has 1 heterocycles. The summed E-state index contributed by atoms with van der Waals surface area (Å²) >= 11 is 1.14. The third-order valence-electron chi connectivity index (χ3n) is 4.74. The monoisotopic (exact) mass is 424 g/mol. The summed E-state index contributed by atoms with van der Waals surface area (Å²) in [7, 11) is 3.32. The Morgan fingerprint density at radius 1 is 0.966 bits per heavy atom. The summed E-state index contributed by atoms with van der Waals surface area (Å²) in [6.07, 6.45) is 9.71. The quantitative estimate of drug-likeness (QED) is 0.339. The van der Waals surface area contributed by atoms with Crippen molar-refractivity contribution in [2.75, 3.05) is 26.0 Å². The number of amides is 2. The molecule has 0 aromatic carbocycles. The fraction of sp³-hybridized carbons (Fsp3) is 0.682. The van der Waals surface area contributed by atoms with Gasteiger partial charge in [0.15, 0.2) is 0 Å². The number of hydrogen-bond acceptors (Lipinski definition) is 5. The minimum atomic E-state index is -0.513. The first-order valence-corrected chi connectivity index (χ1v) is 11.5. The highest BCUT2D eigenvalue weighted by Gasteiger charge is 2.27. The number of nitrogens with one attached hydrogen (secondary N) is 1. The largest absolute Gasteiger partial charge is 0.462 e. The van der Waals surface area contributed by atoms with E-state index in [2.05, 4.69) is 12.2 Å². The van der Waals surface area contributed by atoms with E-state index < -0.39 is 5.97 Å². The fourth-order valence-corrected chi connectivity index (χ4v) is 4.30. The molecule has 0 spiro atoms. The molecule has 0 aliphatic rings. The molecule has 0 unspecified atom stereocenters. The molecule has 0 aliphatic heterocycles. The Morgan fingerprint density at radius 3 is 2.10 bits per heavy atom. The van der Waals surface area contributed by atoms with E-state index in [9.17, 15) is 14.4 Å². The van der Waals surface area contributed by atoms with Gasteiger partial charge in [0.2, 0.25) is 5.91 Å². The molecule has 0 radical (unpaired) electrons. The molecule has 6 nitrogen and oxygen atoms in total. The lowest BCUT2D eigenvalue weighted by Gasteiger charge is -2.09. The van der Waals surface area contributed by atoms with E-state index in [1.165, 1.54) is 37.0 Å². The van der Waals surface area contributed by atoms with Crippen LogP contribution in [0.15, 0.2) is 0 Å². The van der Waals surface area contributed by atoms with E-state index in [-0.39, 0.29) is 24.0 Å². The van der Waals surface area contributed by atoms with Crippen LogP contribution in [0.2, 0.25) is 0 Å². The lowest BCUT2D eigenvalue weighted by Crippen LogP contribution is -2.21. The van der Waals surface area contributed by atoms with E-state index >= 15 is 0 Å². The normalized spacial score (nSPS) is 10.7. The third kappa shape index (κ3) is 8.17. The molecule has 0 bridgehead atoms. The maximum atomic E-state index is 12.4. The van der Waals surface area contributed by atoms with Gasteiger partial charge >= 0.3 is 5.97 Å². The third-order valence-corrected chi connectivity index (χ3v) is 5.93. The van der Waals surface area contributed by atoms with E-state index in [4.69, 9.17) is 4.74 Å². The number of carbonyl (C=O) groups is 3. The summed E-state index contributed by atoms with van der Waals surface area (Å²) in [6, 6.07) is 0. The van der Waals surface area contributed by atoms with E-state index in [1.807, 2.05) is 0 Å². The molecule has 0 saturated heterocycles. The molecule has 0 fully saturated rings. The van der Waals surface area contributed by atoms with Crippen molar-refractivity contribution in [1.82, 2.24) is 4.90 Å². The summed E-state index contributed by atoms with van der Waals surface area (Å²) in [4.78, 5) is 39.1. The lowest BCUT2D eigenvalue weighted by molar-refractivity contribution is -0.116. The minimum absolute atomic E-state index is 0.133. The Kier molecular flexibility index (Phi) is 11.6. The number of thiophene rings is 1. The Bertz CT molecular complexity index is 683. The summed E-state index contributed by atoms with van der Waals surface area (Å²) in [6.45, 7) is 5.89. The van der Waals surface area contributed by atoms with Gasteiger partial charge in [-0.1, -0.05) is 51.9 Å². The second-order valence-corrected chi connectivity index (χ2v) is 8.47. The number of ether oxygens (including phenoxy) is 1. The standard InChI is InChI=1S/C22H36N2O4S/c1-6-8-9-10-11-12-13-14-15-17(25)23-20-18(22(27)28-7-2)16(3)19(29-20)21(26)24(4)5/h6-15H2,1-5H3,(H,23,25). The second-order valence-electron chi connectivity index (χ2n) is 7.45. The fourth-order valence-electron chi connectivity index (χ4n) is 3.07. The van der Waals surface area contributed by atoms with Gasteiger partial charge in [-0.15, -0.1) is 11.3 Å². The van der Waals surface area contributed by atoms with Crippen LogP contribution in [0.5, 0.6) is 0 Å². The van der Waals surface area contributed by atoms with Crippen LogP contribution in [0, 0.1) is 6.92 Å². The first kappa shape index (κ1) is 25.1. The topological polar surface area (TPSA) is 75.7 Å². The molecule has 1 aromatic rings. The van der Waals surface area contributed by atoms with Gasteiger partial charge in [-0.2, -0.15) is 0 Å². The molecular weight excluding hydrogens is 388 g/mol. The predicted molar refractivity (Wildman–Crippen MR) is 119 cm³/mol. The number of hydrogen-bond donors (Lipinski definition) is 1. The maximum Gasteiger partial charge on any atom is 0.341 e. The zero-order valence-electron chi connectivity index (χ0n) is 18.6. The summed E-state index contributed by atoms with van der Waals surface area (Å²) < 4.78 is 5.13. The van der Waals surface area contributed by atoms with Crippen LogP contribution in [-0.2, 0) is 9.53 Å². The lowest BCUT2D eigenvalue weighted by atomic mass is 10.1. The number of esters is 1. The van der Waals surface area contributed by atoms with E-state index in [0.29, 0.717) is 21.9 Å². The van der Waals surface area contributed by atoms with Gasteiger partial charge < -0.3 is 15.0 Å².